The topological polar surface area (TPSA) is 77.5 Å². The Balaban J connectivity index is 0.620. The van der Waals surface area contributed by atoms with Crippen molar-refractivity contribution in [2.24, 2.45) is 0 Å². The molecule has 0 saturated carbocycles. The van der Waals surface area contributed by atoms with Crippen LogP contribution in [0.5, 0.6) is 0 Å². The van der Waals surface area contributed by atoms with E-state index in [2.05, 4.69) is 442 Å². The van der Waals surface area contributed by atoms with Crippen molar-refractivity contribution >= 4 is 120 Å². The monoisotopic (exact) mass is 1650 g/mol. The zero-order valence-electron chi connectivity index (χ0n) is 70.5. The minimum absolute atomic E-state index is 0.555. The highest BCUT2D eigenvalue weighted by Crippen LogP contribution is 2.46. The Morgan fingerprint density at radius 3 is 0.969 bits per heavy atom. The molecule has 6 heterocycles. The summed E-state index contributed by atoms with van der Waals surface area (Å²) in [4.78, 5) is 12.9. The fraction of sp³-hybridized carbons (Fsp3) is 0.00833. The van der Waals surface area contributed by atoms with Crippen LogP contribution in [-0.4, -0.2) is 32.8 Å². The number of nitriles is 1. The lowest BCUT2D eigenvalue weighted by Gasteiger charge is -2.27. The van der Waals surface area contributed by atoms with Crippen LogP contribution in [0.1, 0.15) is 11.1 Å². The quantitative estimate of drug-likeness (QED) is 0.0851. The van der Waals surface area contributed by atoms with Crippen molar-refractivity contribution < 1.29 is 0 Å². The number of allylic oxidation sites excluding steroid dienone is 3. The molecule has 0 bridgehead atoms. The number of hydrogen-bond acceptors (Lipinski definition) is 4. The van der Waals surface area contributed by atoms with Gasteiger partial charge in [-0.15, -0.1) is 0 Å². The number of hydrogen-bond donors (Lipinski definition) is 0. The molecule has 0 radical (unpaired) electrons. The largest absolute Gasteiger partial charge is 0.311 e. The molecule has 0 spiro atoms. The van der Waals surface area contributed by atoms with Crippen molar-refractivity contribution in [1.82, 2.24) is 32.8 Å². The number of nitrogens with zero attached hydrogens (tertiary/aromatic N) is 9. The summed E-state index contributed by atoms with van der Waals surface area (Å²) in [5.41, 5.74) is 34.4. The number of anilines is 2. The van der Waals surface area contributed by atoms with E-state index in [1.165, 1.54) is 54.4 Å². The van der Waals surface area contributed by atoms with Gasteiger partial charge < -0.3 is 27.7 Å². The first kappa shape index (κ1) is 75.3. The van der Waals surface area contributed by atoms with Gasteiger partial charge in [-0.2, -0.15) is 5.26 Å². The van der Waals surface area contributed by atoms with E-state index in [9.17, 15) is 5.26 Å². The fourth-order valence-electron chi connectivity index (χ4n) is 19.9. The molecule has 0 unspecified atom stereocenters. The van der Waals surface area contributed by atoms with Gasteiger partial charge in [-0.1, -0.05) is 244 Å². The molecule has 9 heteroatoms. The first-order valence-corrected chi connectivity index (χ1v) is 43.7. The maximum absolute atomic E-state index is 9.99. The molecule has 0 atom stereocenters. The zero-order valence-corrected chi connectivity index (χ0v) is 70.5. The van der Waals surface area contributed by atoms with Gasteiger partial charge in [-0.05, 0) is 263 Å². The molecule has 6 aromatic heterocycles. The van der Waals surface area contributed by atoms with Crippen LogP contribution in [0.15, 0.2) is 456 Å². The maximum Gasteiger partial charge on any atom is 0.160 e. The second-order valence-corrected chi connectivity index (χ2v) is 33.4. The molecule has 129 heavy (non-hydrogen) atoms. The third kappa shape index (κ3) is 12.8. The summed E-state index contributed by atoms with van der Waals surface area (Å²) in [6.45, 7) is 10.6. The molecule has 0 fully saturated rings. The Labute approximate surface area is 745 Å². The van der Waals surface area contributed by atoms with E-state index >= 15 is 0 Å². The first-order valence-electron chi connectivity index (χ1n) is 43.7. The Morgan fingerprint density at radius 1 is 0.279 bits per heavy atom. The molecule has 0 amide bonds. The van der Waals surface area contributed by atoms with Crippen LogP contribution < -0.4 is 4.90 Å². The SMILES string of the molecule is C=C/C=C\C(=C)N(c1ccccc1)c1ccc(-c2ccc3c(c2)c2ccccc2n3-c2cc(-c3ccc(-c4cc(-c5ccc(-n6c7ccccc7c7cc(-c8ccc9c(c8)c8ccccc8n9-c8ccccc8)ccc76)cc5)nc(-c5ccc(C#N)cc5)n4)cc3)cc(-n3c4ccccc4c4cc(-c5ccc6c(c5)c5ccccc5n6-c5ccccc5)ccc43)c2)cc1C. The van der Waals surface area contributed by atoms with Crippen LogP contribution in [0.2, 0.25) is 0 Å². The molecule has 18 aromatic carbocycles. The average molecular weight is 1650 g/mol. The smallest absolute Gasteiger partial charge is 0.160 e. The molecule has 0 aliphatic heterocycles. The summed E-state index contributed by atoms with van der Waals surface area (Å²) in [5.74, 6) is 0.555. The molecule has 0 N–H and O–H groups in total. The van der Waals surface area contributed by atoms with Crippen LogP contribution in [0, 0.1) is 18.3 Å². The van der Waals surface area contributed by atoms with Gasteiger partial charge in [0.1, 0.15) is 0 Å². The lowest BCUT2D eigenvalue weighted by atomic mass is 9.99. The number of rotatable bonds is 17. The lowest BCUT2D eigenvalue weighted by molar-refractivity contribution is 1.13. The molecule has 9 nitrogen and oxygen atoms in total. The summed E-state index contributed by atoms with van der Waals surface area (Å²) in [6.07, 6.45) is 5.72. The van der Waals surface area contributed by atoms with E-state index in [1.807, 2.05) is 42.5 Å². The second-order valence-electron chi connectivity index (χ2n) is 33.4. The summed E-state index contributed by atoms with van der Waals surface area (Å²) in [5, 5.41) is 21.8. The van der Waals surface area contributed by atoms with Crippen molar-refractivity contribution in [2.75, 3.05) is 4.90 Å². The van der Waals surface area contributed by atoms with Gasteiger partial charge in [0.25, 0.3) is 0 Å². The van der Waals surface area contributed by atoms with Gasteiger partial charge in [0.2, 0.25) is 0 Å². The fourth-order valence-corrected chi connectivity index (χ4v) is 19.9. The normalized spacial score (nSPS) is 11.8. The zero-order chi connectivity index (χ0) is 85.9. The number of aromatic nitrogens is 7. The minimum atomic E-state index is 0.555. The van der Waals surface area contributed by atoms with Crippen LogP contribution in [0.4, 0.5) is 11.4 Å². The summed E-state index contributed by atoms with van der Waals surface area (Å²) < 4.78 is 12.0. The van der Waals surface area contributed by atoms with E-state index in [0.717, 1.165) is 178 Å². The van der Waals surface area contributed by atoms with E-state index in [4.69, 9.17) is 9.97 Å². The van der Waals surface area contributed by atoms with E-state index in [1.54, 1.807) is 6.08 Å². The summed E-state index contributed by atoms with van der Waals surface area (Å²) in [7, 11) is 0. The highest BCUT2D eigenvalue weighted by atomic mass is 15.1. The number of fused-ring (bicyclic) bond motifs is 15. The van der Waals surface area contributed by atoms with Crippen LogP contribution in [-0.2, 0) is 0 Å². The third-order valence-electron chi connectivity index (χ3n) is 25.9. The predicted octanol–water partition coefficient (Wildman–Crippen LogP) is 31.2. The van der Waals surface area contributed by atoms with Crippen LogP contribution >= 0.6 is 0 Å². The highest BCUT2D eigenvalue weighted by molar-refractivity contribution is 6.16. The second kappa shape index (κ2) is 30.8. The first-order chi connectivity index (χ1) is 63.7. The summed E-state index contributed by atoms with van der Waals surface area (Å²) >= 11 is 0. The Hall–Kier alpha value is -17.5. The summed E-state index contributed by atoms with van der Waals surface area (Å²) in [6, 6.07) is 154. The van der Waals surface area contributed by atoms with Crippen molar-refractivity contribution in [3.63, 3.8) is 0 Å². The molecule has 24 aromatic rings. The van der Waals surface area contributed by atoms with Gasteiger partial charge in [0.15, 0.2) is 5.82 Å². The average Bonchev–Trinajstić information content (AvgIpc) is 1.58. The number of benzene rings is 18. The standard InChI is InChI=1S/C120H79N9/c1-4-5-25-78(3)124(91-26-9-6-10-27-91)109-60-52-84(66-77(109)2)85-53-64-118-105(69-85)100-35-18-23-40-113(100)128(118)95-67-90(68-96(74-95)129-114-41-24-19-36-101(114)106-73-89(57-65-119(106)129)87-55-62-116-103(71-87)98-33-16-21-38-111(98)126(116)93-30-13-8-14-31-93)80-46-48-81(49-47-80)107-75-108(123-120(122-107)83-44-42-79(76-121)43-45-83)82-50-58-94(59-51-82)127-112-39-22-17-34-99(112)104-72-88(56-63-117(104)127)86-54-61-115-102(70-86)97-32-15-20-37-110(97)125(115)92-28-11-7-12-29-92/h4-75H,1,3H2,2H3/b25-5-. The van der Waals surface area contributed by atoms with Gasteiger partial charge in [0.05, 0.1) is 78.2 Å². The highest BCUT2D eigenvalue weighted by Gasteiger charge is 2.25. The van der Waals surface area contributed by atoms with Crippen molar-refractivity contribution in [1.29, 1.82) is 5.26 Å². The predicted molar refractivity (Wildman–Crippen MR) is 538 cm³/mol. The van der Waals surface area contributed by atoms with Crippen molar-refractivity contribution in [2.45, 2.75) is 6.92 Å². The van der Waals surface area contributed by atoms with Crippen molar-refractivity contribution in [3.8, 4) is 113 Å². The Morgan fingerprint density at radius 2 is 0.589 bits per heavy atom. The van der Waals surface area contributed by atoms with Gasteiger partial charge in [-0.25, -0.2) is 9.97 Å². The van der Waals surface area contributed by atoms with Crippen molar-refractivity contribution in [3.05, 3.63) is 467 Å². The molecule has 0 aliphatic carbocycles. The molecule has 24 rings (SSSR count). The molecule has 0 aliphatic rings. The Bertz CT molecular complexity index is 8770. The molecule has 604 valence electrons. The van der Waals surface area contributed by atoms with Crippen LogP contribution in [0.25, 0.3) is 216 Å². The molecular weight excluding hydrogens is 1570 g/mol. The van der Waals surface area contributed by atoms with E-state index in [-0.39, 0.29) is 0 Å². The third-order valence-corrected chi connectivity index (χ3v) is 25.9. The maximum atomic E-state index is 9.99. The van der Waals surface area contributed by atoms with E-state index in [0.29, 0.717) is 11.4 Å². The molecular formula is C120H79N9. The van der Waals surface area contributed by atoms with Gasteiger partial charge in [0, 0.05) is 116 Å². The lowest BCUT2D eigenvalue weighted by Crippen LogP contribution is -2.15. The van der Waals surface area contributed by atoms with E-state index < -0.39 is 0 Å². The number of aryl methyl sites for hydroxylation is 1. The Kier molecular flexibility index (Phi) is 18.0. The van der Waals surface area contributed by atoms with Gasteiger partial charge >= 0.3 is 0 Å². The molecule has 0 saturated heterocycles. The number of para-hydroxylation sites is 8. The van der Waals surface area contributed by atoms with Gasteiger partial charge in [-0.3, -0.25) is 0 Å². The minimum Gasteiger partial charge on any atom is -0.311 e. The van der Waals surface area contributed by atoms with Crippen LogP contribution in [0.3, 0.4) is 0 Å².